The van der Waals surface area contributed by atoms with E-state index < -0.39 is 0 Å². The van der Waals surface area contributed by atoms with Crippen LogP contribution in [0.2, 0.25) is 0 Å². The largest absolute Gasteiger partial charge is 0.462 e. The van der Waals surface area contributed by atoms with Crippen LogP contribution in [0, 0.1) is 5.92 Å². The summed E-state index contributed by atoms with van der Waals surface area (Å²) in [6.07, 6.45) is 1.21. The van der Waals surface area contributed by atoms with E-state index in [0.717, 1.165) is 13.1 Å². The molecule has 0 spiro atoms. The van der Waals surface area contributed by atoms with Crippen LogP contribution in [-0.2, 0) is 9.53 Å². The Hall–Kier alpha value is -0.610. The molecule has 1 rings (SSSR count). The summed E-state index contributed by atoms with van der Waals surface area (Å²) in [6.45, 7) is 7.28. The summed E-state index contributed by atoms with van der Waals surface area (Å²) in [5.74, 6) is 0.526. The van der Waals surface area contributed by atoms with Crippen molar-refractivity contribution in [1.82, 2.24) is 10.2 Å². The summed E-state index contributed by atoms with van der Waals surface area (Å²) in [6, 6.07) is 0. The number of rotatable bonds is 5. The first-order valence-corrected chi connectivity index (χ1v) is 5.66. The van der Waals surface area contributed by atoms with E-state index in [1.165, 1.54) is 13.0 Å². The molecule has 0 aliphatic carbocycles. The molecule has 15 heavy (non-hydrogen) atoms. The molecule has 4 nitrogen and oxygen atoms in total. The van der Waals surface area contributed by atoms with Crippen LogP contribution in [0.3, 0.4) is 0 Å². The zero-order chi connectivity index (χ0) is 11.3. The van der Waals surface area contributed by atoms with Crippen molar-refractivity contribution in [3.8, 4) is 0 Å². The molecule has 1 aliphatic heterocycles. The molecular weight excluding hydrogens is 192 g/mol. The second-order valence-corrected chi connectivity index (χ2v) is 4.59. The number of hydrogen-bond acceptors (Lipinski definition) is 4. The summed E-state index contributed by atoms with van der Waals surface area (Å²) in [5, 5.41) is 3.15. The molecule has 1 aliphatic rings. The van der Waals surface area contributed by atoms with Gasteiger partial charge in [0.15, 0.2) is 0 Å². The van der Waals surface area contributed by atoms with E-state index in [1.807, 2.05) is 13.8 Å². The molecule has 0 aromatic carbocycles. The van der Waals surface area contributed by atoms with E-state index in [0.29, 0.717) is 12.5 Å². The van der Waals surface area contributed by atoms with Gasteiger partial charge in [0.05, 0.1) is 12.6 Å². The van der Waals surface area contributed by atoms with Crippen molar-refractivity contribution in [1.29, 1.82) is 0 Å². The third-order valence-electron chi connectivity index (χ3n) is 2.56. The van der Waals surface area contributed by atoms with Gasteiger partial charge in [0, 0.05) is 6.54 Å². The van der Waals surface area contributed by atoms with Gasteiger partial charge in [-0.15, -0.1) is 0 Å². The van der Waals surface area contributed by atoms with Crippen molar-refractivity contribution in [2.24, 2.45) is 5.92 Å². The highest BCUT2D eigenvalue weighted by Gasteiger charge is 2.19. The second-order valence-electron chi connectivity index (χ2n) is 4.59. The molecule has 1 fully saturated rings. The normalized spacial score (nSPS) is 22.3. The first kappa shape index (κ1) is 12.5. The summed E-state index contributed by atoms with van der Waals surface area (Å²) < 4.78 is 5.02. The maximum Gasteiger partial charge on any atom is 0.320 e. The molecule has 0 saturated carbocycles. The zero-order valence-electron chi connectivity index (χ0n) is 9.95. The molecule has 1 N–H and O–H groups in total. The van der Waals surface area contributed by atoms with Crippen LogP contribution in [0.5, 0.6) is 0 Å². The van der Waals surface area contributed by atoms with Crippen LogP contribution in [0.1, 0.15) is 20.3 Å². The Bertz CT molecular complexity index is 207. The Morgan fingerprint density at radius 2 is 2.33 bits per heavy atom. The van der Waals surface area contributed by atoms with Crippen molar-refractivity contribution in [3.05, 3.63) is 0 Å². The number of nitrogens with zero attached hydrogens (tertiary/aromatic N) is 1. The van der Waals surface area contributed by atoms with Gasteiger partial charge in [0.1, 0.15) is 0 Å². The first-order chi connectivity index (χ1) is 7.08. The van der Waals surface area contributed by atoms with Gasteiger partial charge in [-0.2, -0.15) is 0 Å². The highest BCUT2D eigenvalue weighted by Crippen LogP contribution is 2.12. The summed E-state index contributed by atoms with van der Waals surface area (Å²) in [5.41, 5.74) is 0. The van der Waals surface area contributed by atoms with Gasteiger partial charge < -0.3 is 15.0 Å². The Morgan fingerprint density at radius 1 is 1.60 bits per heavy atom. The molecule has 1 unspecified atom stereocenters. The number of carbonyl (C=O) groups is 1. The van der Waals surface area contributed by atoms with Crippen LogP contribution in [-0.4, -0.2) is 50.2 Å². The Labute approximate surface area is 92.0 Å². The third-order valence-corrected chi connectivity index (χ3v) is 2.56. The number of carbonyl (C=O) groups excluding carboxylic acids is 1. The Balaban J connectivity index is 2.03. The van der Waals surface area contributed by atoms with Gasteiger partial charge in [-0.1, -0.05) is 0 Å². The third kappa shape index (κ3) is 5.14. The molecule has 0 radical (unpaired) electrons. The van der Waals surface area contributed by atoms with Crippen LogP contribution in [0.4, 0.5) is 0 Å². The van der Waals surface area contributed by atoms with Crippen LogP contribution in [0.15, 0.2) is 0 Å². The van der Waals surface area contributed by atoms with Crippen molar-refractivity contribution >= 4 is 5.97 Å². The lowest BCUT2D eigenvalue weighted by Gasteiger charge is -2.12. The van der Waals surface area contributed by atoms with E-state index in [1.54, 1.807) is 0 Å². The van der Waals surface area contributed by atoms with Crippen LogP contribution >= 0.6 is 0 Å². The molecule has 0 amide bonds. The topological polar surface area (TPSA) is 41.6 Å². The fourth-order valence-electron chi connectivity index (χ4n) is 1.88. The number of likely N-dealkylation sites (tertiary alicyclic amines) is 1. The first-order valence-electron chi connectivity index (χ1n) is 5.66. The van der Waals surface area contributed by atoms with E-state index in [9.17, 15) is 4.79 Å². The molecule has 4 heteroatoms. The van der Waals surface area contributed by atoms with E-state index in [4.69, 9.17) is 4.74 Å². The number of esters is 1. The van der Waals surface area contributed by atoms with Gasteiger partial charge in [0.25, 0.3) is 0 Å². The van der Waals surface area contributed by atoms with Crippen LogP contribution in [0.25, 0.3) is 0 Å². The van der Waals surface area contributed by atoms with Crippen molar-refractivity contribution in [3.63, 3.8) is 0 Å². The number of ether oxygens (including phenoxy) is 1. The Morgan fingerprint density at radius 3 is 2.87 bits per heavy atom. The second kappa shape index (κ2) is 6.08. The van der Waals surface area contributed by atoms with Gasteiger partial charge >= 0.3 is 5.97 Å². The lowest BCUT2D eigenvalue weighted by molar-refractivity contribution is -0.146. The van der Waals surface area contributed by atoms with Gasteiger partial charge in [-0.05, 0) is 46.3 Å². The highest BCUT2D eigenvalue weighted by molar-refractivity contribution is 5.71. The molecule has 0 aromatic rings. The minimum Gasteiger partial charge on any atom is -0.462 e. The number of hydrogen-bond donors (Lipinski definition) is 1. The smallest absolute Gasteiger partial charge is 0.320 e. The minimum atomic E-state index is -0.156. The van der Waals surface area contributed by atoms with E-state index in [2.05, 4.69) is 17.3 Å². The van der Waals surface area contributed by atoms with Crippen molar-refractivity contribution in [2.75, 3.05) is 33.2 Å². The van der Waals surface area contributed by atoms with Crippen molar-refractivity contribution < 1.29 is 9.53 Å². The molecular formula is C11H22N2O2. The molecule has 0 bridgehead atoms. The summed E-state index contributed by atoms with van der Waals surface area (Å²) in [4.78, 5) is 13.5. The Kier molecular flexibility index (Phi) is 5.05. The lowest BCUT2D eigenvalue weighted by Crippen LogP contribution is -2.31. The predicted octanol–water partition coefficient (Wildman–Crippen LogP) is 0.479. The standard InChI is InChI=1S/C11H22N2O2/c1-9(2)15-11(14)7-12-6-10-4-5-13(3)8-10/h9-10,12H,4-8H2,1-3H3. The molecule has 88 valence electrons. The molecule has 1 saturated heterocycles. The average molecular weight is 214 g/mol. The van der Waals surface area contributed by atoms with Gasteiger partial charge in [-0.25, -0.2) is 0 Å². The minimum absolute atomic E-state index is 0.0167. The lowest BCUT2D eigenvalue weighted by atomic mass is 10.1. The van der Waals surface area contributed by atoms with Crippen molar-refractivity contribution in [2.45, 2.75) is 26.4 Å². The van der Waals surface area contributed by atoms with Gasteiger partial charge in [0.2, 0.25) is 0 Å². The summed E-state index contributed by atoms with van der Waals surface area (Å²) >= 11 is 0. The van der Waals surface area contributed by atoms with E-state index in [-0.39, 0.29) is 12.1 Å². The average Bonchev–Trinajstić information content (AvgIpc) is 2.50. The predicted molar refractivity (Wildman–Crippen MR) is 59.7 cm³/mol. The molecule has 1 heterocycles. The zero-order valence-corrected chi connectivity index (χ0v) is 9.95. The SMILES string of the molecule is CC(C)OC(=O)CNCC1CCN(C)C1. The monoisotopic (exact) mass is 214 g/mol. The summed E-state index contributed by atoms with van der Waals surface area (Å²) in [7, 11) is 2.13. The van der Waals surface area contributed by atoms with Crippen LogP contribution < -0.4 is 5.32 Å². The highest BCUT2D eigenvalue weighted by atomic mass is 16.5. The number of nitrogens with one attached hydrogen (secondary N) is 1. The fraction of sp³-hybridized carbons (Fsp3) is 0.909. The fourth-order valence-corrected chi connectivity index (χ4v) is 1.88. The molecule has 0 aromatic heterocycles. The molecule has 1 atom stereocenters. The maximum absolute atomic E-state index is 11.2. The maximum atomic E-state index is 11.2. The van der Waals surface area contributed by atoms with E-state index >= 15 is 0 Å². The van der Waals surface area contributed by atoms with Gasteiger partial charge in [-0.3, -0.25) is 4.79 Å². The quantitative estimate of drug-likeness (QED) is 0.676.